The van der Waals surface area contributed by atoms with E-state index in [0.717, 1.165) is 12.1 Å². The molecule has 0 radical (unpaired) electrons. The van der Waals surface area contributed by atoms with Gasteiger partial charge in [-0.05, 0) is 18.7 Å². The SMILES string of the molecule is CC(CN)COc1ccc(C(F)(F)F)cc1[N+](=O)[O-]. The zero-order valence-electron chi connectivity index (χ0n) is 10.1. The molecule has 0 saturated heterocycles. The number of ether oxygens (including phenoxy) is 1. The van der Waals surface area contributed by atoms with Crippen LogP contribution in [0.4, 0.5) is 18.9 Å². The molecule has 1 rings (SSSR count). The second-order valence-electron chi connectivity index (χ2n) is 4.09. The molecule has 5 nitrogen and oxygen atoms in total. The molecule has 8 heteroatoms. The maximum absolute atomic E-state index is 12.5. The molecule has 0 aliphatic heterocycles. The Kier molecular flexibility index (Phi) is 4.71. The molecule has 19 heavy (non-hydrogen) atoms. The number of nitro groups is 1. The highest BCUT2D eigenvalue weighted by atomic mass is 19.4. The molecule has 0 aliphatic carbocycles. The second-order valence-corrected chi connectivity index (χ2v) is 4.09. The number of hydrogen-bond donors (Lipinski definition) is 1. The van der Waals surface area contributed by atoms with E-state index in [1.807, 2.05) is 0 Å². The van der Waals surface area contributed by atoms with Gasteiger partial charge < -0.3 is 10.5 Å². The van der Waals surface area contributed by atoms with E-state index in [9.17, 15) is 23.3 Å². The van der Waals surface area contributed by atoms with Gasteiger partial charge in [0.25, 0.3) is 0 Å². The molecule has 0 fully saturated rings. The van der Waals surface area contributed by atoms with Crippen LogP contribution in [0.25, 0.3) is 0 Å². The Morgan fingerprint density at radius 1 is 1.47 bits per heavy atom. The van der Waals surface area contributed by atoms with Gasteiger partial charge in [-0.3, -0.25) is 10.1 Å². The minimum absolute atomic E-state index is 0.0538. The highest BCUT2D eigenvalue weighted by Crippen LogP contribution is 2.36. The van der Waals surface area contributed by atoms with Gasteiger partial charge >= 0.3 is 11.9 Å². The minimum atomic E-state index is -4.63. The van der Waals surface area contributed by atoms with E-state index in [2.05, 4.69) is 0 Å². The summed E-state index contributed by atoms with van der Waals surface area (Å²) in [5.41, 5.74) is 3.56. The van der Waals surface area contributed by atoms with Crippen molar-refractivity contribution in [2.45, 2.75) is 13.1 Å². The Labute approximate surface area is 107 Å². The lowest BCUT2D eigenvalue weighted by Gasteiger charge is -2.12. The molecular weight excluding hydrogens is 265 g/mol. The quantitative estimate of drug-likeness (QED) is 0.663. The van der Waals surface area contributed by atoms with E-state index < -0.39 is 22.4 Å². The third-order valence-electron chi connectivity index (χ3n) is 2.41. The highest BCUT2D eigenvalue weighted by molar-refractivity contribution is 5.49. The van der Waals surface area contributed by atoms with Crippen LogP contribution < -0.4 is 10.5 Å². The number of nitro benzene ring substituents is 1. The van der Waals surface area contributed by atoms with E-state index in [1.54, 1.807) is 6.92 Å². The van der Waals surface area contributed by atoms with E-state index >= 15 is 0 Å². The predicted octanol–water partition coefficient (Wildman–Crippen LogP) is 2.59. The van der Waals surface area contributed by atoms with Crippen LogP contribution in [-0.4, -0.2) is 18.1 Å². The molecule has 0 amide bonds. The van der Waals surface area contributed by atoms with Crippen molar-refractivity contribution < 1.29 is 22.8 Å². The van der Waals surface area contributed by atoms with Crippen LogP contribution in [0.2, 0.25) is 0 Å². The Hall–Kier alpha value is -1.83. The van der Waals surface area contributed by atoms with Crippen molar-refractivity contribution in [2.24, 2.45) is 11.7 Å². The van der Waals surface area contributed by atoms with Crippen molar-refractivity contribution in [3.8, 4) is 5.75 Å². The first-order valence-electron chi connectivity index (χ1n) is 5.44. The second kappa shape index (κ2) is 5.87. The Morgan fingerprint density at radius 3 is 2.58 bits per heavy atom. The fourth-order valence-electron chi connectivity index (χ4n) is 1.26. The lowest BCUT2D eigenvalue weighted by Crippen LogP contribution is -2.18. The van der Waals surface area contributed by atoms with Crippen molar-refractivity contribution in [3.05, 3.63) is 33.9 Å². The first kappa shape index (κ1) is 15.2. The van der Waals surface area contributed by atoms with Gasteiger partial charge in [0.15, 0.2) is 5.75 Å². The zero-order chi connectivity index (χ0) is 14.6. The summed E-state index contributed by atoms with van der Waals surface area (Å²) >= 11 is 0. The van der Waals surface area contributed by atoms with Crippen molar-refractivity contribution in [1.82, 2.24) is 0 Å². The van der Waals surface area contributed by atoms with Crippen LogP contribution in [0.15, 0.2) is 18.2 Å². The molecule has 1 aromatic carbocycles. The van der Waals surface area contributed by atoms with Crippen LogP contribution in [-0.2, 0) is 6.18 Å². The molecule has 1 atom stereocenters. The number of rotatable bonds is 5. The van der Waals surface area contributed by atoms with Crippen LogP contribution in [0, 0.1) is 16.0 Å². The number of halogens is 3. The van der Waals surface area contributed by atoms with Crippen LogP contribution >= 0.6 is 0 Å². The Balaban J connectivity index is 3.02. The van der Waals surface area contributed by atoms with Gasteiger partial charge in [-0.15, -0.1) is 0 Å². The van der Waals surface area contributed by atoms with Crippen LogP contribution in [0.1, 0.15) is 12.5 Å². The maximum atomic E-state index is 12.5. The predicted molar refractivity (Wildman–Crippen MR) is 61.8 cm³/mol. The summed E-state index contributed by atoms with van der Waals surface area (Å²) in [5.74, 6) is -0.250. The topological polar surface area (TPSA) is 78.4 Å². The summed E-state index contributed by atoms with van der Waals surface area (Å²) in [6.45, 7) is 2.17. The van der Waals surface area contributed by atoms with Crippen LogP contribution in [0.3, 0.4) is 0 Å². The third kappa shape index (κ3) is 4.09. The van der Waals surface area contributed by atoms with Gasteiger partial charge in [0.1, 0.15) is 0 Å². The molecule has 0 aromatic heterocycles. The summed E-state index contributed by atoms with van der Waals surface area (Å²) in [7, 11) is 0. The number of benzene rings is 1. The van der Waals surface area contributed by atoms with Gasteiger partial charge in [-0.2, -0.15) is 13.2 Å². The molecule has 2 N–H and O–H groups in total. The Morgan fingerprint density at radius 2 is 2.11 bits per heavy atom. The van der Waals surface area contributed by atoms with Gasteiger partial charge in [0.05, 0.1) is 17.1 Å². The molecule has 0 saturated carbocycles. The molecule has 1 aromatic rings. The molecule has 1 unspecified atom stereocenters. The largest absolute Gasteiger partial charge is 0.486 e. The maximum Gasteiger partial charge on any atom is 0.416 e. The molecule has 0 heterocycles. The third-order valence-corrected chi connectivity index (χ3v) is 2.41. The number of alkyl halides is 3. The summed E-state index contributed by atoms with van der Waals surface area (Å²) in [6, 6.07) is 2.15. The van der Waals surface area contributed by atoms with Crippen molar-refractivity contribution >= 4 is 5.69 Å². The van der Waals surface area contributed by atoms with Crippen molar-refractivity contribution in [2.75, 3.05) is 13.2 Å². The van der Waals surface area contributed by atoms with Crippen LogP contribution in [0.5, 0.6) is 5.75 Å². The first-order chi connectivity index (χ1) is 8.75. The summed E-state index contributed by atoms with van der Waals surface area (Å²) in [6.07, 6.45) is -4.63. The molecular formula is C11H13F3N2O3. The van der Waals surface area contributed by atoms with Gasteiger partial charge in [0, 0.05) is 12.0 Å². The molecule has 0 spiro atoms. The van der Waals surface area contributed by atoms with E-state index in [-0.39, 0.29) is 18.3 Å². The normalized spacial score (nSPS) is 13.1. The average molecular weight is 278 g/mol. The number of nitrogens with zero attached hydrogens (tertiary/aromatic N) is 1. The summed E-state index contributed by atoms with van der Waals surface area (Å²) in [5, 5.41) is 10.7. The molecule has 0 aliphatic rings. The van der Waals surface area contributed by atoms with Crippen molar-refractivity contribution in [3.63, 3.8) is 0 Å². The number of hydrogen-bond acceptors (Lipinski definition) is 4. The standard InChI is InChI=1S/C11H13F3N2O3/c1-7(5-15)6-19-10-3-2-8(11(12,13)14)4-9(10)16(17)18/h2-4,7H,5-6,15H2,1H3. The average Bonchev–Trinajstić information content (AvgIpc) is 2.34. The van der Waals surface area contributed by atoms with Crippen molar-refractivity contribution in [1.29, 1.82) is 0 Å². The van der Waals surface area contributed by atoms with Gasteiger partial charge in [-0.1, -0.05) is 6.92 Å². The summed E-state index contributed by atoms with van der Waals surface area (Å²) in [4.78, 5) is 9.84. The fraction of sp³-hybridized carbons (Fsp3) is 0.455. The van der Waals surface area contributed by atoms with Gasteiger partial charge in [-0.25, -0.2) is 0 Å². The number of nitrogens with two attached hydrogens (primary N) is 1. The first-order valence-corrected chi connectivity index (χ1v) is 5.44. The molecule has 0 bridgehead atoms. The van der Waals surface area contributed by atoms with E-state index in [1.165, 1.54) is 0 Å². The highest BCUT2D eigenvalue weighted by Gasteiger charge is 2.33. The molecule has 106 valence electrons. The lowest BCUT2D eigenvalue weighted by atomic mass is 10.1. The fourth-order valence-corrected chi connectivity index (χ4v) is 1.26. The summed E-state index contributed by atoms with van der Waals surface area (Å²) < 4.78 is 42.5. The smallest absolute Gasteiger partial charge is 0.416 e. The monoisotopic (exact) mass is 278 g/mol. The van der Waals surface area contributed by atoms with E-state index in [0.29, 0.717) is 12.6 Å². The van der Waals surface area contributed by atoms with E-state index in [4.69, 9.17) is 10.5 Å². The lowest BCUT2D eigenvalue weighted by molar-refractivity contribution is -0.386. The van der Waals surface area contributed by atoms with Gasteiger partial charge in [0.2, 0.25) is 0 Å². The Bertz CT molecular complexity index is 463. The minimum Gasteiger partial charge on any atom is -0.486 e. The zero-order valence-corrected chi connectivity index (χ0v) is 10.1.